The van der Waals surface area contributed by atoms with E-state index in [1.807, 2.05) is 31.2 Å². The first-order valence-electron chi connectivity index (χ1n) is 7.80. The fourth-order valence-corrected chi connectivity index (χ4v) is 2.57. The summed E-state index contributed by atoms with van der Waals surface area (Å²) in [5.41, 5.74) is 2.49. The van der Waals surface area contributed by atoms with E-state index in [4.69, 9.17) is 0 Å². The molecule has 124 valence electrons. The Morgan fingerprint density at radius 2 is 1.88 bits per heavy atom. The molecular formula is C17H19N5O2. The number of nitrogens with zero attached hydrogens (tertiary/aromatic N) is 4. The highest BCUT2D eigenvalue weighted by Gasteiger charge is 2.21. The van der Waals surface area contributed by atoms with Crippen LogP contribution in [0.5, 0.6) is 0 Å². The van der Waals surface area contributed by atoms with E-state index in [1.54, 1.807) is 9.80 Å². The van der Waals surface area contributed by atoms with Gasteiger partial charge in [0.1, 0.15) is 0 Å². The topological polar surface area (TPSA) is 78.4 Å². The number of carbonyl (C=O) groups excluding carboxylic acids is 2. The molecule has 1 aromatic carbocycles. The molecule has 7 heteroatoms. The third kappa shape index (κ3) is 3.68. The van der Waals surface area contributed by atoms with Gasteiger partial charge < -0.3 is 15.1 Å². The highest BCUT2D eigenvalue weighted by molar-refractivity contribution is 5.93. The summed E-state index contributed by atoms with van der Waals surface area (Å²) in [6.07, 6.45) is 3.87. The molecule has 0 saturated carbocycles. The highest BCUT2D eigenvalue weighted by Crippen LogP contribution is 2.14. The van der Waals surface area contributed by atoms with Crippen molar-refractivity contribution in [1.82, 2.24) is 19.8 Å². The van der Waals surface area contributed by atoms with Gasteiger partial charge in [0.05, 0.1) is 5.56 Å². The molecule has 3 rings (SSSR count). The van der Waals surface area contributed by atoms with Crippen LogP contribution in [0.1, 0.15) is 15.9 Å². The molecule has 0 aliphatic carbocycles. The van der Waals surface area contributed by atoms with Gasteiger partial charge in [0.15, 0.2) is 0 Å². The number of rotatable bonds is 4. The zero-order chi connectivity index (χ0) is 16.9. The molecule has 0 radical (unpaired) electrons. The predicted octanol–water partition coefficient (Wildman–Crippen LogP) is 1.44. The van der Waals surface area contributed by atoms with Crippen LogP contribution in [0.25, 0.3) is 0 Å². The lowest BCUT2D eigenvalue weighted by Gasteiger charge is -2.32. The van der Waals surface area contributed by atoms with Crippen LogP contribution < -0.4 is 5.32 Å². The van der Waals surface area contributed by atoms with E-state index in [0.717, 1.165) is 17.7 Å². The Hall–Kier alpha value is -2.96. The van der Waals surface area contributed by atoms with E-state index in [0.29, 0.717) is 37.7 Å². The van der Waals surface area contributed by atoms with Crippen LogP contribution in [0.4, 0.5) is 11.6 Å². The van der Waals surface area contributed by atoms with Crippen LogP contribution in [-0.4, -0.2) is 58.3 Å². The van der Waals surface area contributed by atoms with Crippen LogP contribution in [0, 0.1) is 6.92 Å². The van der Waals surface area contributed by atoms with Gasteiger partial charge in [-0.2, -0.15) is 0 Å². The quantitative estimate of drug-likeness (QED) is 0.861. The van der Waals surface area contributed by atoms with E-state index in [-0.39, 0.29) is 5.91 Å². The van der Waals surface area contributed by atoms with Crippen molar-refractivity contribution < 1.29 is 9.59 Å². The number of aryl methyl sites for hydroxylation is 1. The standard InChI is InChI=1S/C17H19N5O2/c1-13-3-2-4-15(9-13)20-17-18-10-14(11-19-17)16(24)22-7-5-21(12-23)6-8-22/h2-4,9-12H,5-8H2,1H3,(H,18,19,20). The molecule has 2 aromatic rings. The zero-order valence-corrected chi connectivity index (χ0v) is 13.5. The Bertz CT molecular complexity index is 724. The van der Waals surface area contributed by atoms with Crippen molar-refractivity contribution in [3.8, 4) is 0 Å². The van der Waals surface area contributed by atoms with E-state index in [1.165, 1.54) is 12.4 Å². The van der Waals surface area contributed by atoms with Gasteiger partial charge in [-0.25, -0.2) is 9.97 Å². The predicted molar refractivity (Wildman–Crippen MR) is 90.0 cm³/mol. The molecule has 1 aliphatic heterocycles. The monoisotopic (exact) mass is 325 g/mol. The summed E-state index contributed by atoms with van der Waals surface area (Å²) >= 11 is 0. The lowest BCUT2D eigenvalue weighted by molar-refractivity contribution is -0.119. The molecular weight excluding hydrogens is 306 g/mol. The van der Waals surface area contributed by atoms with Crippen LogP contribution >= 0.6 is 0 Å². The first kappa shape index (κ1) is 15.9. The number of aromatic nitrogens is 2. The molecule has 2 amide bonds. The van der Waals surface area contributed by atoms with Gasteiger partial charge in [-0.3, -0.25) is 9.59 Å². The largest absolute Gasteiger partial charge is 0.342 e. The second kappa shape index (κ2) is 7.08. The molecule has 24 heavy (non-hydrogen) atoms. The van der Waals surface area contributed by atoms with Crippen molar-refractivity contribution >= 4 is 24.0 Å². The van der Waals surface area contributed by atoms with Crippen molar-refractivity contribution in [2.75, 3.05) is 31.5 Å². The van der Waals surface area contributed by atoms with Crippen molar-refractivity contribution in [3.05, 3.63) is 47.8 Å². The van der Waals surface area contributed by atoms with Crippen LogP contribution in [-0.2, 0) is 4.79 Å². The number of hydrogen-bond donors (Lipinski definition) is 1. The molecule has 0 unspecified atom stereocenters. The third-order valence-corrected chi connectivity index (χ3v) is 3.92. The smallest absolute Gasteiger partial charge is 0.257 e. The summed E-state index contributed by atoms with van der Waals surface area (Å²) in [4.78, 5) is 34.9. The minimum absolute atomic E-state index is 0.109. The average molecular weight is 325 g/mol. The van der Waals surface area contributed by atoms with Gasteiger partial charge in [0.2, 0.25) is 12.4 Å². The van der Waals surface area contributed by atoms with Crippen molar-refractivity contribution in [2.24, 2.45) is 0 Å². The number of carbonyl (C=O) groups is 2. The SMILES string of the molecule is Cc1cccc(Nc2ncc(C(=O)N3CCN(C=O)CC3)cn2)c1. The Morgan fingerprint density at radius 3 is 2.50 bits per heavy atom. The number of nitrogens with one attached hydrogen (secondary N) is 1. The average Bonchev–Trinajstić information content (AvgIpc) is 2.62. The van der Waals surface area contributed by atoms with Gasteiger partial charge in [0, 0.05) is 44.3 Å². The van der Waals surface area contributed by atoms with Crippen LogP contribution in [0.3, 0.4) is 0 Å². The summed E-state index contributed by atoms with van der Waals surface area (Å²) in [6, 6.07) is 7.89. The molecule has 1 saturated heterocycles. The molecule has 0 atom stereocenters. The van der Waals surface area contributed by atoms with Crippen molar-refractivity contribution in [1.29, 1.82) is 0 Å². The fraction of sp³-hybridized carbons (Fsp3) is 0.294. The summed E-state index contributed by atoms with van der Waals surface area (Å²) in [5.74, 6) is 0.338. The lowest BCUT2D eigenvalue weighted by Crippen LogP contribution is -2.48. The Balaban J connectivity index is 1.64. The molecule has 1 N–H and O–H groups in total. The second-order valence-corrected chi connectivity index (χ2v) is 5.72. The third-order valence-electron chi connectivity index (χ3n) is 3.92. The van der Waals surface area contributed by atoms with Gasteiger partial charge in [0.25, 0.3) is 5.91 Å². The van der Waals surface area contributed by atoms with E-state index < -0.39 is 0 Å². The Kier molecular flexibility index (Phi) is 4.69. The minimum Gasteiger partial charge on any atom is -0.342 e. The van der Waals surface area contributed by atoms with E-state index >= 15 is 0 Å². The maximum absolute atomic E-state index is 12.4. The maximum atomic E-state index is 12.4. The number of hydrogen-bond acceptors (Lipinski definition) is 5. The maximum Gasteiger partial charge on any atom is 0.257 e. The molecule has 1 fully saturated rings. The number of benzene rings is 1. The lowest BCUT2D eigenvalue weighted by atomic mass is 10.2. The molecule has 7 nitrogen and oxygen atoms in total. The molecule has 0 bridgehead atoms. The summed E-state index contributed by atoms with van der Waals surface area (Å²) < 4.78 is 0. The molecule has 0 spiro atoms. The minimum atomic E-state index is -0.109. The zero-order valence-electron chi connectivity index (χ0n) is 13.5. The normalized spacial score (nSPS) is 14.4. The first-order chi connectivity index (χ1) is 11.7. The first-order valence-corrected chi connectivity index (χ1v) is 7.80. The number of piperazine rings is 1. The van der Waals surface area contributed by atoms with Crippen molar-refractivity contribution in [3.63, 3.8) is 0 Å². The van der Waals surface area contributed by atoms with E-state index in [2.05, 4.69) is 15.3 Å². The van der Waals surface area contributed by atoms with Crippen LogP contribution in [0.15, 0.2) is 36.7 Å². The van der Waals surface area contributed by atoms with Crippen LogP contribution in [0.2, 0.25) is 0 Å². The highest BCUT2D eigenvalue weighted by atomic mass is 16.2. The summed E-state index contributed by atoms with van der Waals surface area (Å²) in [6.45, 7) is 4.19. The van der Waals surface area contributed by atoms with Gasteiger partial charge in [-0.1, -0.05) is 12.1 Å². The second-order valence-electron chi connectivity index (χ2n) is 5.72. The molecule has 1 aromatic heterocycles. The number of amides is 2. The van der Waals surface area contributed by atoms with Gasteiger partial charge >= 0.3 is 0 Å². The van der Waals surface area contributed by atoms with E-state index in [9.17, 15) is 9.59 Å². The molecule has 2 heterocycles. The molecule has 1 aliphatic rings. The van der Waals surface area contributed by atoms with Gasteiger partial charge in [-0.05, 0) is 24.6 Å². The number of anilines is 2. The summed E-state index contributed by atoms with van der Waals surface area (Å²) in [7, 11) is 0. The van der Waals surface area contributed by atoms with Gasteiger partial charge in [-0.15, -0.1) is 0 Å². The Labute approximate surface area is 140 Å². The summed E-state index contributed by atoms with van der Waals surface area (Å²) in [5, 5.41) is 3.11. The Morgan fingerprint density at radius 1 is 1.17 bits per heavy atom. The van der Waals surface area contributed by atoms with Crippen molar-refractivity contribution in [2.45, 2.75) is 6.92 Å². The fourth-order valence-electron chi connectivity index (χ4n) is 2.57.